The molecule has 186 valence electrons. The van der Waals surface area contributed by atoms with Gasteiger partial charge in [0.05, 0.1) is 6.21 Å². The van der Waals surface area contributed by atoms with Gasteiger partial charge in [-0.1, -0.05) is 45.7 Å². The van der Waals surface area contributed by atoms with Gasteiger partial charge in [-0.15, -0.1) is 0 Å². The second-order valence-electron chi connectivity index (χ2n) is 8.53. The van der Waals surface area contributed by atoms with Gasteiger partial charge >= 0.3 is 5.91 Å². The van der Waals surface area contributed by atoms with Crippen molar-refractivity contribution in [3.8, 4) is 11.4 Å². The first-order valence-corrected chi connectivity index (χ1v) is 12.7. The molecule has 2 heterocycles. The van der Waals surface area contributed by atoms with Crippen LogP contribution in [0.3, 0.4) is 0 Å². The Hall–Kier alpha value is -3.81. The van der Waals surface area contributed by atoms with Crippen LogP contribution in [-0.2, 0) is 6.61 Å². The van der Waals surface area contributed by atoms with E-state index in [1.165, 1.54) is 0 Å². The Balaban J connectivity index is 1.26. The Morgan fingerprint density at radius 3 is 2.65 bits per heavy atom. The summed E-state index contributed by atoms with van der Waals surface area (Å²) >= 11 is 9.64. The summed E-state index contributed by atoms with van der Waals surface area (Å²) in [5.74, 6) is 0.547. The molecule has 8 heteroatoms. The van der Waals surface area contributed by atoms with Crippen LogP contribution in [0.4, 0.5) is 0 Å². The van der Waals surface area contributed by atoms with Crippen LogP contribution >= 0.6 is 27.5 Å². The lowest BCUT2D eigenvalue weighted by molar-refractivity contribution is 0.0929. The molecule has 0 saturated carbocycles. The van der Waals surface area contributed by atoms with Crippen molar-refractivity contribution in [3.63, 3.8) is 0 Å². The number of aryl methyl sites for hydroxylation is 1. The molecule has 0 aliphatic heterocycles. The molecule has 0 spiro atoms. The minimum atomic E-state index is -0.412. The van der Waals surface area contributed by atoms with E-state index in [-0.39, 0.29) is 5.76 Å². The van der Waals surface area contributed by atoms with Crippen LogP contribution in [0.5, 0.6) is 5.75 Å². The summed E-state index contributed by atoms with van der Waals surface area (Å²) in [5.41, 5.74) is 8.05. The van der Waals surface area contributed by atoms with Gasteiger partial charge in [0, 0.05) is 43.1 Å². The second kappa shape index (κ2) is 10.7. The quantitative estimate of drug-likeness (QED) is 0.160. The molecule has 37 heavy (non-hydrogen) atoms. The lowest BCUT2D eigenvalue weighted by Crippen LogP contribution is -2.16. The van der Waals surface area contributed by atoms with E-state index in [9.17, 15) is 4.79 Å². The Bertz CT molecular complexity index is 1620. The zero-order chi connectivity index (χ0) is 25.9. The maximum absolute atomic E-state index is 12.5. The fraction of sp³-hybridized carbons (Fsp3) is 0.103. The maximum atomic E-state index is 12.5. The van der Waals surface area contributed by atoms with E-state index in [2.05, 4.69) is 31.0 Å². The van der Waals surface area contributed by atoms with Gasteiger partial charge in [0.25, 0.3) is 0 Å². The number of carbonyl (C=O) groups excluding carboxylic acids is 1. The van der Waals surface area contributed by atoms with E-state index in [4.69, 9.17) is 20.8 Å². The second-order valence-corrected chi connectivity index (χ2v) is 9.85. The van der Waals surface area contributed by atoms with Crippen LogP contribution in [0, 0.1) is 13.8 Å². The van der Waals surface area contributed by atoms with Crippen molar-refractivity contribution in [1.82, 2.24) is 9.99 Å². The van der Waals surface area contributed by atoms with E-state index in [1.54, 1.807) is 12.3 Å². The van der Waals surface area contributed by atoms with Crippen molar-refractivity contribution in [2.45, 2.75) is 20.5 Å². The molecule has 0 unspecified atom stereocenters. The molecule has 0 aliphatic rings. The van der Waals surface area contributed by atoms with Crippen molar-refractivity contribution in [1.29, 1.82) is 0 Å². The van der Waals surface area contributed by atoms with Crippen LogP contribution < -0.4 is 10.2 Å². The van der Waals surface area contributed by atoms with E-state index in [0.29, 0.717) is 17.2 Å². The number of fused-ring (bicyclic) bond motifs is 1. The van der Waals surface area contributed by atoms with Gasteiger partial charge < -0.3 is 13.7 Å². The third kappa shape index (κ3) is 5.48. The summed E-state index contributed by atoms with van der Waals surface area (Å²) in [6.07, 6.45) is 1.64. The summed E-state index contributed by atoms with van der Waals surface area (Å²) < 4.78 is 14.6. The van der Waals surface area contributed by atoms with Crippen molar-refractivity contribution in [3.05, 3.63) is 117 Å². The molecular formula is C29H23BrClN3O3. The molecule has 3 aromatic carbocycles. The minimum Gasteiger partial charge on any atom is -0.489 e. The van der Waals surface area contributed by atoms with E-state index in [1.807, 2.05) is 86.6 Å². The van der Waals surface area contributed by atoms with E-state index < -0.39 is 5.91 Å². The van der Waals surface area contributed by atoms with Gasteiger partial charge in [-0.25, -0.2) is 5.43 Å². The molecule has 0 saturated heterocycles. The Morgan fingerprint density at radius 2 is 1.86 bits per heavy atom. The maximum Gasteiger partial charge on any atom is 0.307 e. The number of hydrazone groups is 1. The first-order chi connectivity index (χ1) is 17.9. The average molecular weight is 577 g/mol. The predicted octanol–water partition coefficient (Wildman–Crippen LogP) is 7.60. The zero-order valence-electron chi connectivity index (χ0n) is 20.2. The minimum absolute atomic E-state index is 0.201. The molecule has 0 atom stereocenters. The monoisotopic (exact) mass is 575 g/mol. The first kappa shape index (κ1) is 24.9. The molecule has 5 aromatic rings. The third-order valence-electron chi connectivity index (χ3n) is 5.99. The number of rotatable bonds is 7. The Kier molecular flexibility index (Phi) is 7.17. The number of benzene rings is 3. The van der Waals surface area contributed by atoms with Crippen LogP contribution in [-0.4, -0.2) is 16.7 Å². The molecule has 0 radical (unpaired) electrons. The molecular weight excluding hydrogens is 554 g/mol. The van der Waals surface area contributed by atoms with Gasteiger partial charge in [-0.2, -0.15) is 5.10 Å². The van der Waals surface area contributed by atoms with Gasteiger partial charge in [-0.3, -0.25) is 4.79 Å². The number of hydrogen-bond donors (Lipinski definition) is 1. The fourth-order valence-corrected chi connectivity index (χ4v) is 4.69. The number of carbonyl (C=O) groups is 1. The number of aromatic nitrogens is 1. The smallest absolute Gasteiger partial charge is 0.307 e. The molecule has 2 aromatic heterocycles. The van der Waals surface area contributed by atoms with Crippen LogP contribution in [0.25, 0.3) is 16.7 Å². The van der Waals surface area contributed by atoms with Gasteiger partial charge in [0.1, 0.15) is 17.9 Å². The number of nitrogens with one attached hydrogen (secondary N) is 1. The molecule has 0 fully saturated rings. The zero-order valence-corrected chi connectivity index (χ0v) is 22.5. The molecule has 1 N–H and O–H groups in total. The average Bonchev–Trinajstić information content (AvgIpc) is 3.43. The van der Waals surface area contributed by atoms with Crippen LogP contribution in [0.1, 0.15) is 33.1 Å². The van der Waals surface area contributed by atoms with Crippen molar-refractivity contribution in [2.75, 3.05) is 0 Å². The number of ether oxygens (including phenoxy) is 1. The standard InChI is InChI=1S/C29H23BrClN3O3/c1-18-13-22(16-32-33-29(35)28-15-21-14-23(30)7-12-27(21)37-28)19(2)34(18)24-8-10-25(11-9-24)36-17-20-5-3-4-6-26(20)31/h3-16H,17H2,1-2H3,(H,33,35)/b32-16+. The predicted molar refractivity (Wildman–Crippen MR) is 150 cm³/mol. The van der Waals surface area contributed by atoms with Crippen molar-refractivity contribution >= 4 is 50.6 Å². The van der Waals surface area contributed by atoms with E-state index >= 15 is 0 Å². The molecule has 6 nitrogen and oxygen atoms in total. The Labute approximate surface area is 227 Å². The largest absolute Gasteiger partial charge is 0.489 e. The molecule has 0 bridgehead atoms. The summed E-state index contributed by atoms with van der Waals surface area (Å²) in [7, 11) is 0. The van der Waals surface area contributed by atoms with Crippen molar-refractivity contribution < 1.29 is 13.9 Å². The number of amides is 1. The fourth-order valence-electron chi connectivity index (χ4n) is 4.13. The van der Waals surface area contributed by atoms with Gasteiger partial charge in [0.2, 0.25) is 0 Å². The van der Waals surface area contributed by atoms with E-state index in [0.717, 1.165) is 43.8 Å². The molecule has 1 amide bonds. The number of halogens is 2. The van der Waals surface area contributed by atoms with Crippen LogP contribution in [0.2, 0.25) is 5.02 Å². The topological polar surface area (TPSA) is 68.8 Å². The number of nitrogens with zero attached hydrogens (tertiary/aromatic N) is 2. The first-order valence-electron chi connectivity index (χ1n) is 11.6. The lowest BCUT2D eigenvalue weighted by Gasteiger charge is -2.12. The van der Waals surface area contributed by atoms with Gasteiger partial charge in [0.15, 0.2) is 5.76 Å². The highest BCUT2D eigenvalue weighted by atomic mass is 79.9. The summed E-state index contributed by atoms with van der Waals surface area (Å²) in [4.78, 5) is 12.5. The third-order valence-corrected chi connectivity index (χ3v) is 6.85. The highest BCUT2D eigenvalue weighted by Gasteiger charge is 2.13. The normalized spacial score (nSPS) is 11.4. The summed E-state index contributed by atoms with van der Waals surface area (Å²) in [6, 6.07) is 24.8. The van der Waals surface area contributed by atoms with Crippen molar-refractivity contribution in [2.24, 2.45) is 5.10 Å². The highest BCUT2D eigenvalue weighted by Crippen LogP contribution is 2.25. The summed E-state index contributed by atoms with van der Waals surface area (Å²) in [6.45, 7) is 4.44. The highest BCUT2D eigenvalue weighted by molar-refractivity contribution is 9.10. The molecule has 5 rings (SSSR count). The SMILES string of the molecule is Cc1cc(/C=N/NC(=O)c2cc3cc(Br)ccc3o2)c(C)n1-c1ccc(OCc2ccccc2Cl)cc1. The van der Waals surface area contributed by atoms with Gasteiger partial charge in [-0.05, 0) is 74.5 Å². The molecule has 0 aliphatic carbocycles. The summed E-state index contributed by atoms with van der Waals surface area (Å²) in [5, 5.41) is 5.68. The Morgan fingerprint density at radius 1 is 1.08 bits per heavy atom. The number of hydrogen-bond acceptors (Lipinski definition) is 4. The lowest BCUT2D eigenvalue weighted by atomic mass is 10.2. The van der Waals surface area contributed by atoms with Crippen LogP contribution in [0.15, 0.2) is 92.9 Å². The number of furan rings is 1.